The Morgan fingerprint density at radius 1 is 0.606 bits per heavy atom. The Labute approximate surface area is 187 Å². The van der Waals surface area contributed by atoms with Gasteiger partial charge in [0.1, 0.15) is 67.1 Å². The molecule has 13 N–H and O–H groups in total. The molecule has 33 heavy (non-hydrogen) atoms. The van der Waals surface area contributed by atoms with E-state index >= 15 is 0 Å². The maximum atomic E-state index is 9.94. The maximum absolute atomic E-state index is 9.94. The summed E-state index contributed by atoms with van der Waals surface area (Å²) < 4.78 is 15.3. The summed E-state index contributed by atoms with van der Waals surface area (Å²) in [5.41, 5.74) is 0. The van der Waals surface area contributed by atoms with Crippen LogP contribution in [0, 0.1) is 0 Å². The van der Waals surface area contributed by atoms with Crippen molar-refractivity contribution in [1.82, 2.24) is 0 Å². The largest absolute Gasteiger partial charge is 0.394 e. The molecule has 2 aliphatic rings. The lowest BCUT2D eigenvalue weighted by atomic mass is 9.97. The van der Waals surface area contributed by atoms with Gasteiger partial charge >= 0.3 is 0 Å². The van der Waals surface area contributed by atoms with Gasteiger partial charge in [-0.2, -0.15) is 0 Å². The van der Waals surface area contributed by atoms with Gasteiger partial charge in [-0.1, -0.05) is 0 Å². The number of hydrogen-bond donors (Lipinski definition) is 13. The highest BCUT2D eigenvalue weighted by molar-refractivity contribution is 4.93. The summed E-state index contributed by atoms with van der Waals surface area (Å²) in [5.74, 6) is 0. The van der Waals surface area contributed by atoms with Crippen LogP contribution >= 0.6 is 0 Å². The van der Waals surface area contributed by atoms with Gasteiger partial charge in [0.05, 0.1) is 26.4 Å². The van der Waals surface area contributed by atoms with E-state index in [1.165, 1.54) is 0 Å². The third-order valence-corrected chi connectivity index (χ3v) is 5.14. The van der Waals surface area contributed by atoms with Gasteiger partial charge in [0.2, 0.25) is 0 Å². The molecule has 2 rings (SSSR count). The highest BCUT2D eigenvalue weighted by atomic mass is 16.7. The van der Waals surface area contributed by atoms with Crippen molar-refractivity contribution in [2.24, 2.45) is 0 Å². The lowest BCUT2D eigenvalue weighted by molar-refractivity contribution is -0.355. The third kappa shape index (κ3) is 7.67. The zero-order valence-corrected chi connectivity index (χ0v) is 17.4. The summed E-state index contributed by atoms with van der Waals surface area (Å²) in [6.07, 6.45) is -19.9. The van der Waals surface area contributed by atoms with Gasteiger partial charge in [-0.25, -0.2) is 0 Å². The molecule has 0 aromatic heterocycles. The number of hydrogen-bond acceptors (Lipinski definition) is 16. The minimum Gasteiger partial charge on any atom is -0.394 e. The Balaban J connectivity index is 0.000000461. The molecule has 0 amide bonds. The van der Waals surface area contributed by atoms with E-state index in [1.807, 2.05) is 0 Å². The van der Waals surface area contributed by atoms with Crippen molar-refractivity contribution in [3.63, 3.8) is 0 Å². The normalized spacial score (nSPS) is 41.3. The fourth-order valence-corrected chi connectivity index (χ4v) is 3.04. The fourth-order valence-electron chi connectivity index (χ4n) is 3.04. The van der Waals surface area contributed by atoms with Crippen LogP contribution in [-0.2, 0) is 14.2 Å². The van der Waals surface area contributed by atoms with Crippen LogP contribution in [0.2, 0.25) is 0 Å². The average Bonchev–Trinajstić information content (AvgIpc) is 2.82. The molecule has 2 aliphatic heterocycles. The minimum absolute atomic E-state index is 0.641. The van der Waals surface area contributed by atoms with Crippen molar-refractivity contribution in [1.29, 1.82) is 0 Å². The van der Waals surface area contributed by atoms with Crippen molar-refractivity contribution >= 4 is 0 Å². The first-order valence-electron chi connectivity index (χ1n) is 9.97. The van der Waals surface area contributed by atoms with E-state index in [-0.39, 0.29) is 0 Å². The number of ether oxygens (including phenoxy) is 3. The molecule has 0 aromatic rings. The molecule has 2 heterocycles. The van der Waals surface area contributed by atoms with Gasteiger partial charge in [-0.15, -0.1) is 0 Å². The molecule has 16 nitrogen and oxygen atoms in total. The summed E-state index contributed by atoms with van der Waals surface area (Å²) in [6, 6.07) is 0. The van der Waals surface area contributed by atoms with Crippen LogP contribution in [0.3, 0.4) is 0 Å². The Kier molecular flexibility index (Phi) is 12.9. The molecule has 0 spiro atoms. The van der Waals surface area contributed by atoms with Gasteiger partial charge in [0.25, 0.3) is 0 Å². The van der Waals surface area contributed by atoms with E-state index in [0.29, 0.717) is 0 Å². The monoisotopic (exact) mass is 494 g/mol. The molecule has 0 unspecified atom stereocenters. The predicted octanol–water partition coefficient (Wildman–Crippen LogP) is -8.34. The second kappa shape index (κ2) is 14.0. The van der Waals surface area contributed by atoms with Crippen LogP contribution in [-0.4, -0.2) is 173 Å². The van der Waals surface area contributed by atoms with E-state index in [0.717, 1.165) is 0 Å². The SMILES string of the molecule is OC[C@H](O)C(O)[C@@H](O)CO.OC[C@H]1O[C@@H](O[C@H]2[C@H](O)[C@@H](O)[C@H](O)O[C@@H]2CO)[C@H](O)[C@@H](O)[C@H]1O. The van der Waals surface area contributed by atoms with E-state index in [2.05, 4.69) is 0 Å². The summed E-state index contributed by atoms with van der Waals surface area (Å²) in [4.78, 5) is 0. The Hall–Kier alpha value is -0.640. The molecular formula is C17H34O16. The first kappa shape index (κ1) is 30.4. The molecule has 0 aromatic carbocycles. The lowest BCUT2D eigenvalue weighted by Gasteiger charge is -2.45. The minimum atomic E-state index is -1.74. The van der Waals surface area contributed by atoms with Crippen molar-refractivity contribution in [3.8, 4) is 0 Å². The van der Waals surface area contributed by atoms with Crippen LogP contribution in [0.4, 0.5) is 0 Å². The molecule has 0 aliphatic carbocycles. The Morgan fingerprint density at radius 3 is 1.58 bits per heavy atom. The average molecular weight is 494 g/mol. The van der Waals surface area contributed by atoms with Crippen molar-refractivity contribution in [2.75, 3.05) is 26.4 Å². The summed E-state index contributed by atoms with van der Waals surface area (Å²) in [7, 11) is 0. The lowest BCUT2D eigenvalue weighted by Crippen LogP contribution is -2.64. The summed E-state index contributed by atoms with van der Waals surface area (Å²) in [6.45, 7) is -2.63. The standard InChI is InChI=1S/C12H22O11.C5H12O5/c13-1-3-5(15)6(16)9(19)12(22-3)23-10-4(2-14)21-11(20)8(18)7(10)17;6-1-3(8)5(10)4(9)2-7/h3-20H,1-2H2;3-10H,1-2H2/t3-,4-,5+,6+,7-,8-,9-,10-,11-,12+;3-,4-/m10/s1. The van der Waals surface area contributed by atoms with Gasteiger partial charge in [-0.05, 0) is 0 Å². The molecule has 2 fully saturated rings. The molecular weight excluding hydrogens is 460 g/mol. The van der Waals surface area contributed by atoms with E-state index < -0.39 is 106 Å². The van der Waals surface area contributed by atoms with Gasteiger partial charge in [0, 0.05) is 0 Å². The van der Waals surface area contributed by atoms with Gasteiger partial charge in [-0.3, -0.25) is 0 Å². The second-order valence-electron chi connectivity index (χ2n) is 7.52. The van der Waals surface area contributed by atoms with Crippen LogP contribution in [0.15, 0.2) is 0 Å². The van der Waals surface area contributed by atoms with E-state index in [4.69, 9.17) is 44.8 Å². The first-order valence-corrected chi connectivity index (χ1v) is 9.97. The maximum Gasteiger partial charge on any atom is 0.187 e. The van der Waals surface area contributed by atoms with E-state index in [9.17, 15) is 35.7 Å². The van der Waals surface area contributed by atoms with Crippen molar-refractivity contribution < 1.29 is 80.6 Å². The zero-order chi connectivity index (χ0) is 25.5. The number of aliphatic hydroxyl groups excluding tert-OH is 13. The molecule has 0 bridgehead atoms. The first-order chi connectivity index (χ1) is 15.4. The van der Waals surface area contributed by atoms with Crippen LogP contribution in [0.1, 0.15) is 0 Å². The zero-order valence-electron chi connectivity index (χ0n) is 17.4. The topological polar surface area (TPSA) is 291 Å². The highest BCUT2D eigenvalue weighted by Crippen LogP contribution is 2.28. The Bertz CT molecular complexity index is 527. The van der Waals surface area contributed by atoms with Crippen molar-refractivity contribution in [2.45, 2.75) is 79.7 Å². The molecule has 198 valence electrons. The predicted molar refractivity (Wildman–Crippen MR) is 101 cm³/mol. The molecule has 0 saturated carbocycles. The van der Waals surface area contributed by atoms with Crippen LogP contribution < -0.4 is 0 Å². The number of aliphatic hydroxyl groups is 13. The van der Waals surface area contributed by atoms with Crippen molar-refractivity contribution in [3.05, 3.63) is 0 Å². The molecule has 12 atom stereocenters. The smallest absolute Gasteiger partial charge is 0.187 e. The molecule has 0 radical (unpaired) electrons. The fraction of sp³-hybridized carbons (Fsp3) is 1.00. The third-order valence-electron chi connectivity index (χ3n) is 5.14. The van der Waals surface area contributed by atoms with Gasteiger partial charge < -0.3 is 80.6 Å². The molecule has 16 heteroatoms. The quantitative estimate of drug-likeness (QED) is 0.149. The van der Waals surface area contributed by atoms with Crippen LogP contribution in [0.5, 0.6) is 0 Å². The van der Waals surface area contributed by atoms with E-state index in [1.54, 1.807) is 0 Å². The highest BCUT2D eigenvalue weighted by Gasteiger charge is 2.50. The van der Waals surface area contributed by atoms with Crippen LogP contribution in [0.25, 0.3) is 0 Å². The molecule has 2 saturated heterocycles. The summed E-state index contributed by atoms with van der Waals surface area (Å²) in [5, 5.41) is 119. The second-order valence-corrected chi connectivity index (χ2v) is 7.52. The Morgan fingerprint density at radius 2 is 1.12 bits per heavy atom. The summed E-state index contributed by atoms with van der Waals surface area (Å²) >= 11 is 0. The number of rotatable bonds is 8. The van der Waals surface area contributed by atoms with Gasteiger partial charge in [0.15, 0.2) is 12.6 Å².